The third-order valence-corrected chi connectivity index (χ3v) is 5.18. The van der Waals surface area contributed by atoms with Crippen molar-refractivity contribution >= 4 is 21.4 Å². The van der Waals surface area contributed by atoms with Gasteiger partial charge in [0, 0.05) is 31.0 Å². The molecule has 1 aliphatic rings. The molecule has 0 spiro atoms. The fraction of sp³-hybridized carbons (Fsp3) is 0.222. The van der Waals surface area contributed by atoms with Crippen LogP contribution in [0.2, 0.25) is 0 Å². The van der Waals surface area contributed by atoms with Crippen LogP contribution in [0.1, 0.15) is 11.1 Å². The Morgan fingerprint density at radius 3 is 2.22 bits per heavy atom. The first-order valence-corrected chi connectivity index (χ1v) is 9.66. The summed E-state index contributed by atoms with van der Waals surface area (Å²) in [7, 11) is -4.47. The first-order valence-electron chi connectivity index (χ1n) is 8.11. The SMILES string of the molecule is NS(=O)(=O)c1ccc(NCc2ccc(N3CC=CC3)cc2)cc1C(F)(F)F. The van der Waals surface area contributed by atoms with Gasteiger partial charge in [0.15, 0.2) is 0 Å². The Labute approximate surface area is 155 Å². The highest BCUT2D eigenvalue weighted by atomic mass is 32.2. The Morgan fingerprint density at radius 2 is 1.67 bits per heavy atom. The van der Waals surface area contributed by atoms with E-state index < -0.39 is 26.7 Å². The molecule has 0 amide bonds. The lowest BCUT2D eigenvalue weighted by atomic mass is 10.1. The van der Waals surface area contributed by atoms with Crippen LogP contribution in [0.15, 0.2) is 59.5 Å². The monoisotopic (exact) mass is 397 g/mol. The van der Waals surface area contributed by atoms with Crippen molar-refractivity contribution in [3.8, 4) is 0 Å². The second kappa shape index (κ2) is 7.24. The van der Waals surface area contributed by atoms with Gasteiger partial charge in [-0.2, -0.15) is 13.2 Å². The van der Waals surface area contributed by atoms with Crippen LogP contribution in [0, 0.1) is 0 Å². The molecule has 0 aromatic heterocycles. The number of hydrogen-bond acceptors (Lipinski definition) is 4. The van der Waals surface area contributed by atoms with E-state index in [0.29, 0.717) is 6.54 Å². The quantitative estimate of drug-likeness (QED) is 0.759. The molecule has 0 fully saturated rings. The summed E-state index contributed by atoms with van der Waals surface area (Å²) in [5, 5.41) is 7.76. The average Bonchev–Trinajstić information content (AvgIpc) is 3.13. The molecule has 1 aliphatic heterocycles. The maximum atomic E-state index is 13.2. The average molecular weight is 397 g/mol. The summed E-state index contributed by atoms with van der Waals surface area (Å²) >= 11 is 0. The number of anilines is 2. The summed E-state index contributed by atoms with van der Waals surface area (Å²) < 4.78 is 62.2. The molecule has 0 unspecified atom stereocenters. The van der Waals surface area contributed by atoms with Crippen molar-refractivity contribution < 1.29 is 21.6 Å². The minimum absolute atomic E-state index is 0.155. The summed E-state index contributed by atoms with van der Waals surface area (Å²) in [6.45, 7) is 2.01. The summed E-state index contributed by atoms with van der Waals surface area (Å²) in [6, 6.07) is 10.6. The van der Waals surface area contributed by atoms with Crippen molar-refractivity contribution in [3.05, 3.63) is 65.7 Å². The number of sulfonamides is 1. The van der Waals surface area contributed by atoms with Crippen LogP contribution in [0.3, 0.4) is 0 Å². The normalized spacial score (nSPS) is 14.6. The van der Waals surface area contributed by atoms with Crippen molar-refractivity contribution in [2.45, 2.75) is 17.6 Å². The van der Waals surface area contributed by atoms with Gasteiger partial charge in [-0.05, 0) is 35.9 Å². The number of alkyl halides is 3. The highest BCUT2D eigenvalue weighted by Gasteiger charge is 2.36. The number of rotatable bonds is 5. The van der Waals surface area contributed by atoms with Crippen LogP contribution in [0.5, 0.6) is 0 Å². The van der Waals surface area contributed by atoms with Crippen LogP contribution in [0.4, 0.5) is 24.5 Å². The smallest absolute Gasteiger partial charge is 0.381 e. The molecule has 0 bridgehead atoms. The Bertz CT molecular complexity index is 947. The maximum absolute atomic E-state index is 13.2. The molecule has 3 rings (SSSR count). The van der Waals surface area contributed by atoms with Gasteiger partial charge in [-0.15, -0.1) is 0 Å². The molecule has 1 heterocycles. The fourth-order valence-corrected chi connectivity index (χ4v) is 3.57. The van der Waals surface area contributed by atoms with Crippen LogP contribution >= 0.6 is 0 Å². The number of nitrogens with zero attached hydrogens (tertiary/aromatic N) is 1. The molecule has 2 aromatic rings. The molecule has 0 atom stereocenters. The van der Waals surface area contributed by atoms with Crippen molar-refractivity contribution in [1.29, 1.82) is 0 Å². The molecule has 9 heteroatoms. The van der Waals surface area contributed by atoms with Crippen LogP contribution in [-0.4, -0.2) is 21.5 Å². The molecule has 0 saturated carbocycles. The number of hydrogen-bond donors (Lipinski definition) is 2. The number of halogens is 3. The van der Waals surface area contributed by atoms with Crippen molar-refractivity contribution in [1.82, 2.24) is 0 Å². The van der Waals surface area contributed by atoms with Gasteiger partial charge in [0.05, 0.1) is 10.5 Å². The molecule has 144 valence electrons. The largest absolute Gasteiger partial charge is 0.417 e. The first kappa shape index (κ1) is 19.2. The zero-order valence-electron chi connectivity index (χ0n) is 14.2. The number of benzene rings is 2. The summed E-state index contributed by atoms with van der Waals surface area (Å²) in [6.07, 6.45) is -0.664. The predicted octanol–water partition coefficient (Wildman–Crippen LogP) is 3.34. The topological polar surface area (TPSA) is 75.4 Å². The fourth-order valence-electron chi connectivity index (χ4n) is 2.83. The van der Waals surface area contributed by atoms with Crippen LogP contribution < -0.4 is 15.4 Å². The Kier molecular flexibility index (Phi) is 5.16. The molecular weight excluding hydrogens is 379 g/mol. The second-order valence-electron chi connectivity index (χ2n) is 6.15. The lowest BCUT2D eigenvalue weighted by molar-refractivity contribution is -0.139. The van der Waals surface area contributed by atoms with E-state index in [-0.39, 0.29) is 5.69 Å². The lowest BCUT2D eigenvalue weighted by Gasteiger charge is -2.18. The molecular formula is C18H18F3N3O2S. The molecule has 0 saturated heterocycles. The summed E-state index contributed by atoms with van der Waals surface area (Å²) in [4.78, 5) is 1.24. The van der Waals surface area contributed by atoms with Gasteiger partial charge in [-0.1, -0.05) is 24.3 Å². The van der Waals surface area contributed by atoms with Gasteiger partial charge >= 0.3 is 6.18 Å². The van der Waals surface area contributed by atoms with Gasteiger partial charge in [0.25, 0.3) is 0 Å². The van der Waals surface area contributed by atoms with E-state index >= 15 is 0 Å². The Hall–Kier alpha value is -2.52. The summed E-state index contributed by atoms with van der Waals surface area (Å²) in [5.74, 6) is 0. The highest BCUT2D eigenvalue weighted by Crippen LogP contribution is 2.35. The first-order chi connectivity index (χ1) is 12.6. The zero-order chi connectivity index (χ0) is 19.7. The molecule has 0 aliphatic carbocycles. The minimum Gasteiger partial charge on any atom is -0.381 e. The zero-order valence-corrected chi connectivity index (χ0v) is 15.0. The van der Waals surface area contributed by atoms with Gasteiger partial charge in [-0.25, -0.2) is 13.6 Å². The predicted molar refractivity (Wildman–Crippen MR) is 97.9 cm³/mol. The highest BCUT2D eigenvalue weighted by molar-refractivity contribution is 7.89. The van der Waals surface area contributed by atoms with E-state index in [1.54, 1.807) is 0 Å². The van der Waals surface area contributed by atoms with E-state index in [1.807, 2.05) is 24.3 Å². The Balaban J connectivity index is 1.74. The second-order valence-corrected chi connectivity index (χ2v) is 7.68. The van der Waals surface area contributed by atoms with Gasteiger partial charge < -0.3 is 10.2 Å². The molecule has 0 radical (unpaired) electrons. The molecule has 27 heavy (non-hydrogen) atoms. The summed E-state index contributed by atoms with van der Waals surface area (Å²) in [5.41, 5.74) is 0.824. The van der Waals surface area contributed by atoms with E-state index in [2.05, 4.69) is 22.4 Å². The van der Waals surface area contributed by atoms with Gasteiger partial charge in [-0.3, -0.25) is 0 Å². The van der Waals surface area contributed by atoms with E-state index in [4.69, 9.17) is 5.14 Å². The third kappa shape index (κ3) is 4.61. The van der Waals surface area contributed by atoms with Crippen molar-refractivity contribution in [2.75, 3.05) is 23.3 Å². The number of nitrogens with one attached hydrogen (secondary N) is 1. The molecule has 5 nitrogen and oxygen atoms in total. The van der Waals surface area contributed by atoms with Crippen LogP contribution in [0.25, 0.3) is 0 Å². The number of nitrogens with two attached hydrogens (primary N) is 1. The standard InChI is InChI=1S/C18H18F3N3O2S/c19-18(20,21)16-11-14(5-8-17(16)27(22,25)26)23-12-13-3-6-15(7-4-13)24-9-1-2-10-24/h1-8,11,23H,9-10,12H2,(H2,22,25,26). The Morgan fingerprint density at radius 1 is 1.04 bits per heavy atom. The van der Waals surface area contributed by atoms with Crippen molar-refractivity contribution in [2.24, 2.45) is 5.14 Å². The number of primary sulfonamides is 1. The molecule has 3 N–H and O–H groups in total. The van der Waals surface area contributed by atoms with E-state index in [1.165, 1.54) is 6.07 Å². The van der Waals surface area contributed by atoms with Gasteiger partial charge in [0.1, 0.15) is 0 Å². The van der Waals surface area contributed by atoms with E-state index in [9.17, 15) is 21.6 Å². The minimum atomic E-state index is -4.83. The lowest BCUT2D eigenvalue weighted by Crippen LogP contribution is -2.19. The molecule has 2 aromatic carbocycles. The van der Waals surface area contributed by atoms with Crippen LogP contribution in [-0.2, 0) is 22.7 Å². The maximum Gasteiger partial charge on any atom is 0.417 e. The third-order valence-electron chi connectivity index (χ3n) is 4.21. The van der Waals surface area contributed by atoms with E-state index in [0.717, 1.165) is 36.5 Å². The van der Waals surface area contributed by atoms with Crippen molar-refractivity contribution in [3.63, 3.8) is 0 Å². The van der Waals surface area contributed by atoms with Gasteiger partial charge in [0.2, 0.25) is 10.0 Å².